The molecule has 2 rings (SSSR count). The van der Waals surface area contributed by atoms with Crippen LogP contribution in [0.3, 0.4) is 0 Å². The lowest BCUT2D eigenvalue weighted by Crippen LogP contribution is -2.45. The van der Waals surface area contributed by atoms with E-state index in [2.05, 4.69) is 6.92 Å². The summed E-state index contributed by atoms with van der Waals surface area (Å²) in [5.41, 5.74) is 0.701. The first-order valence-electron chi connectivity index (χ1n) is 7.88. The van der Waals surface area contributed by atoms with E-state index in [4.69, 9.17) is 9.84 Å². The van der Waals surface area contributed by atoms with Crippen molar-refractivity contribution < 1.29 is 19.4 Å². The summed E-state index contributed by atoms with van der Waals surface area (Å²) in [7, 11) is 1.57. The molecule has 1 atom stereocenters. The molecule has 1 heterocycles. The highest BCUT2D eigenvalue weighted by Gasteiger charge is 2.23. The van der Waals surface area contributed by atoms with Gasteiger partial charge in [-0.2, -0.15) is 0 Å². The van der Waals surface area contributed by atoms with E-state index in [0.717, 1.165) is 25.9 Å². The maximum Gasteiger partial charge on any atom is 0.323 e. The van der Waals surface area contributed by atoms with Crippen LogP contribution in [0.15, 0.2) is 24.3 Å². The van der Waals surface area contributed by atoms with Gasteiger partial charge in [-0.15, -0.1) is 0 Å². The molecular formula is C17H24N2O4. The number of carboxylic acid groups (broad SMARTS) is 1. The second-order valence-electron chi connectivity index (χ2n) is 6.03. The molecule has 1 aliphatic heterocycles. The minimum absolute atomic E-state index is 0.0198. The van der Waals surface area contributed by atoms with E-state index in [1.54, 1.807) is 36.3 Å². The minimum Gasteiger partial charge on any atom is -0.497 e. The van der Waals surface area contributed by atoms with Crippen LogP contribution in [-0.4, -0.2) is 55.2 Å². The second-order valence-corrected chi connectivity index (χ2v) is 6.03. The molecule has 23 heavy (non-hydrogen) atoms. The molecule has 0 spiro atoms. The maximum atomic E-state index is 12.5. The number of benzene rings is 1. The molecule has 0 aliphatic carbocycles. The quantitative estimate of drug-likeness (QED) is 0.866. The van der Waals surface area contributed by atoms with Crippen LogP contribution < -0.4 is 9.64 Å². The molecule has 6 heteroatoms. The van der Waals surface area contributed by atoms with Crippen LogP contribution >= 0.6 is 0 Å². The highest BCUT2D eigenvalue weighted by atomic mass is 16.5. The molecule has 1 fully saturated rings. The molecule has 1 saturated heterocycles. The average molecular weight is 320 g/mol. The van der Waals surface area contributed by atoms with Gasteiger partial charge in [0.2, 0.25) is 5.91 Å². The number of hydrogen-bond acceptors (Lipinski definition) is 4. The largest absolute Gasteiger partial charge is 0.497 e. The van der Waals surface area contributed by atoms with Crippen LogP contribution in [0.1, 0.15) is 19.8 Å². The van der Waals surface area contributed by atoms with E-state index < -0.39 is 5.97 Å². The molecule has 126 valence electrons. The van der Waals surface area contributed by atoms with E-state index >= 15 is 0 Å². The van der Waals surface area contributed by atoms with Crippen LogP contribution in [0.5, 0.6) is 5.75 Å². The van der Waals surface area contributed by atoms with Crippen LogP contribution in [0, 0.1) is 5.92 Å². The number of rotatable bonds is 6. The van der Waals surface area contributed by atoms with E-state index in [0.29, 0.717) is 17.4 Å². The number of carboxylic acids is 1. The van der Waals surface area contributed by atoms with Gasteiger partial charge in [-0.3, -0.25) is 9.59 Å². The van der Waals surface area contributed by atoms with Gasteiger partial charge in [-0.05, 0) is 43.0 Å². The van der Waals surface area contributed by atoms with Crippen molar-refractivity contribution >= 4 is 17.6 Å². The smallest absolute Gasteiger partial charge is 0.323 e. The Balaban J connectivity index is 2.08. The molecule has 1 N–H and O–H groups in total. The number of nitrogens with zero attached hydrogens (tertiary/aromatic N) is 2. The summed E-state index contributed by atoms with van der Waals surface area (Å²) in [4.78, 5) is 27.0. The molecule has 1 amide bonds. The normalized spacial score (nSPS) is 17.7. The predicted molar refractivity (Wildman–Crippen MR) is 87.8 cm³/mol. The number of aliphatic carboxylic acids is 1. The molecule has 1 aromatic carbocycles. The van der Waals surface area contributed by atoms with Gasteiger partial charge in [0, 0.05) is 18.8 Å². The number of methoxy groups -OCH3 is 1. The Kier molecular flexibility index (Phi) is 5.84. The highest BCUT2D eigenvalue weighted by molar-refractivity contribution is 5.84. The van der Waals surface area contributed by atoms with Crippen molar-refractivity contribution in [2.24, 2.45) is 5.92 Å². The molecule has 0 aromatic heterocycles. The summed E-state index contributed by atoms with van der Waals surface area (Å²) in [6, 6.07) is 7.07. The van der Waals surface area contributed by atoms with Gasteiger partial charge < -0.3 is 19.6 Å². The highest BCUT2D eigenvalue weighted by Crippen LogP contribution is 2.20. The van der Waals surface area contributed by atoms with Crippen molar-refractivity contribution in [1.29, 1.82) is 0 Å². The van der Waals surface area contributed by atoms with Crippen molar-refractivity contribution in [3.8, 4) is 5.75 Å². The summed E-state index contributed by atoms with van der Waals surface area (Å²) in [6.45, 7) is 3.51. The molecular weight excluding hydrogens is 296 g/mol. The lowest BCUT2D eigenvalue weighted by atomic mass is 10.0. The molecule has 0 bridgehead atoms. The first-order valence-corrected chi connectivity index (χ1v) is 7.88. The summed E-state index contributed by atoms with van der Waals surface area (Å²) < 4.78 is 5.11. The number of piperidine rings is 1. The molecule has 1 aromatic rings. The van der Waals surface area contributed by atoms with Crippen molar-refractivity contribution in [1.82, 2.24) is 4.90 Å². The molecule has 0 radical (unpaired) electrons. The molecule has 1 unspecified atom stereocenters. The van der Waals surface area contributed by atoms with E-state index in [-0.39, 0.29) is 19.0 Å². The topological polar surface area (TPSA) is 70.1 Å². The zero-order valence-corrected chi connectivity index (χ0v) is 13.7. The first kappa shape index (κ1) is 17.1. The second kappa shape index (κ2) is 7.85. The third kappa shape index (κ3) is 4.87. The maximum absolute atomic E-state index is 12.5. The summed E-state index contributed by atoms with van der Waals surface area (Å²) in [5, 5.41) is 9.12. The van der Waals surface area contributed by atoms with Gasteiger partial charge >= 0.3 is 5.97 Å². The van der Waals surface area contributed by atoms with Crippen LogP contribution in [-0.2, 0) is 9.59 Å². The first-order chi connectivity index (χ1) is 11.0. The minimum atomic E-state index is -0.958. The van der Waals surface area contributed by atoms with E-state index in [1.165, 1.54) is 0 Å². The number of carbonyl (C=O) groups excluding carboxylic acids is 1. The Morgan fingerprint density at radius 1 is 1.30 bits per heavy atom. The Morgan fingerprint density at radius 3 is 2.57 bits per heavy atom. The standard InChI is InChI=1S/C17H24N2O4/c1-13-4-3-9-18(10-13)16(20)11-19(12-17(21)22)14-5-7-15(23-2)8-6-14/h5-8,13H,3-4,9-12H2,1-2H3,(H,21,22). The average Bonchev–Trinajstić information content (AvgIpc) is 2.54. The third-order valence-corrected chi connectivity index (χ3v) is 4.10. The van der Waals surface area contributed by atoms with Crippen molar-refractivity contribution in [2.45, 2.75) is 19.8 Å². The van der Waals surface area contributed by atoms with Crippen LogP contribution in [0.2, 0.25) is 0 Å². The zero-order chi connectivity index (χ0) is 16.8. The number of carbonyl (C=O) groups is 2. The van der Waals surface area contributed by atoms with E-state index in [9.17, 15) is 9.59 Å². The molecule has 0 saturated carbocycles. The van der Waals surface area contributed by atoms with Gasteiger partial charge in [-0.1, -0.05) is 6.92 Å². The monoisotopic (exact) mass is 320 g/mol. The zero-order valence-electron chi connectivity index (χ0n) is 13.7. The number of hydrogen-bond donors (Lipinski definition) is 1. The Hall–Kier alpha value is -2.24. The van der Waals surface area contributed by atoms with Gasteiger partial charge in [-0.25, -0.2) is 0 Å². The SMILES string of the molecule is COc1ccc(N(CC(=O)O)CC(=O)N2CCCC(C)C2)cc1. The summed E-state index contributed by atoms with van der Waals surface area (Å²) in [6.07, 6.45) is 2.15. The van der Waals surface area contributed by atoms with E-state index in [1.807, 2.05) is 4.90 Å². The number of ether oxygens (including phenoxy) is 1. The lowest BCUT2D eigenvalue weighted by molar-refractivity contribution is -0.135. The fourth-order valence-corrected chi connectivity index (χ4v) is 2.87. The third-order valence-electron chi connectivity index (χ3n) is 4.10. The number of anilines is 1. The fraction of sp³-hybridized carbons (Fsp3) is 0.529. The lowest BCUT2D eigenvalue weighted by Gasteiger charge is -2.33. The summed E-state index contributed by atoms with van der Waals surface area (Å²) >= 11 is 0. The van der Waals surface area contributed by atoms with Crippen molar-refractivity contribution in [3.63, 3.8) is 0 Å². The Labute approximate surface area is 136 Å². The van der Waals surface area contributed by atoms with Crippen LogP contribution in [0.25, 0.3) is 0 Å². The molecule has 1 aliphatic rings. The fourth-order valence-electron chi connectivity index (χ4n) is 2.87. The van der Waals surface area contributed by atoms with Gasteiger partial charge in [0.15, 0.2) is 0 Å². The Bertz CT molecular complexity index is 544. The van der Waals surface area contributed by atoms with Gasteiger partial charge in [0.1, 0.15) is 12.3 Å². The molecule has 6 nitrogen and oxygen atoms in total. The van der Waals surface area contributed by atoms with Crippen molar-refractivity contribution in [2.75, 3.05) is 38.2 Å². The predicted octanol–water partition coefficient (Wildman–Crippen LogP) is 1.84. The summed E-state index contributed by atoms with van der Waals surface area (Å²) in [5.74, 6) is 0.219. The van der Waals surface area contributed by atoms with Gasteiger partial charge in [0.05, 0.1) is 13.7 Å². The number of amides is 1. The van der Waals surface area contributed by atoms with Gasteiger partial charge in [0.25, 0.3) is 0 Å². The number of likely N-dealkylation sites (tertiary alicyclic amines) is 1. The van der Waals surface area contributed by atoms with Crippen LogP contribution in [0.4, 0.5) is 5.69 Å². The Morgan fingerprint density at radius 2 is 2.00 bits per heavy atom. The van der Waals surface area contributed by atoms with Crippen molar-refractivity contribution in [3.05, 3.63) is 24.3 Å².